The predicted octanol–water partition coefficient (Wildman–Crippen LogP) is 2.83. The molecule has 0 radical (unpaired) electrons. The second-order valence-corrected chi connectivity index (χ2v) is 3.67. The number of rotatable bonds is 5. The van der Waals surface area contributed by atoms with Crippen molar-refractivity contribution < 1.29 is 14.3 Å². The molecule has 1 aromatic carbocycles. The van der Waals surface area contributed by atoms with Crippen molar-refractivity contribution in [1.82, 2.24) is 0 Å². The van der Waals surface area contributed by atoms with E-state index in [2.05, 4.69) is 6.58 Å². The van der Waals surface area contributed by atoms with Crippen LogP contribution in [-0.4, -0.2) is 19.7 Å². The molecule has 0 aromatic heterocycles. The van der Waals surface area contributed by atoms with E-state index < -0.39 is 0 Å². The third-order valence-corrected chi connectivity index (χ3v) is 1.99. The first-order valence-electron chi connectivity index (χ1n) is 5.25. The van der Waals surface area contributed by atoms with E-state index in [-0.39, 0.29) is 12.6 Å². The molecule has 1 rings (SSSR count). The molecule has 0 aliphatic rings. The van der Waals surface area contributed by atoms with Crippen LogP contribution in [0.4, 0.5) is 0 Å². The van der Waals surface area contributed by atoms with Gasteiger partial charge in [0.25, 0.3) is 0 Å². The van der Waals surface area contributed by atoms with Gasteiger partial charge in [-0.2, -0.15) is 0 Å². The number of hydrogen-bond donors (Lipinski definition) is 0. The highest BCUT2D eigenvalue weighted by Crippen LogP contribution is 2.12. The smallest absolute Gasteiger partial charge is 0.331 e. The Balaban J connectivity index is 2.51. The summed E-state index contributed by atoms with van der Waals surface area (Å²) in [6, 6.07) is 7.39. The Morgan fingerprint density at radius 3 is 2.53 bits per heavy atom. The van der Waals surface area contributed by atoms with E-state index in [0.29, 0.717) is 0 Å². The van der Waals surface area contributed by atoms with Gasteiger partial charge in [-0.15, -0.1) is 0 Å². The van der Waals surface area contributed by atoms with Crippen molar-refractivity contribution in [2.24, 2.45) is 0 Å². The van der Waals surface area contributed by atoms with Crippen LogP contribution in [0, 0.1) is 0 Å². The van der Waals surface area contributed by atoms with Crippen LogP contribution in [0.3, 0.4) is 0 Å². The van der Waals surface area contributed by atoms with Gasteiger partial charge in [-0.25, -0.2) is 4.79 Å². The van der Waals surface area contributed by atoms with Gasteiger partial charge in [0.15, 0.2) is 0 Å². The molecule has 0 N–H and O–H groups in total. The zero-order chi connectivity index (χ0) is 12.7. The van der Waals surface area contributed by atoms with Crippen molar-refractivity contribution >= 4 is 12.0 Å². The molecular formula is C14H16O3. The van der Waals surface area contributed by atoms with Crippen LogP contribution < -0.4 is 4.74 Å². The lowest BCUT2D eigenvalue weighted by atomic mass is 10.2. The molecule has 0 aliphatic carbocycles. The molecule has 0 amide bonds. The molecule has 1 aromatic rings. The minimum absolute atomic E-state index is 0.256. The highest BCUT2D eigenvalue weighted by atomic mass is 16.5. The monoisotopic (exact) mass is 232 g/mol. The molecule has 17 heavy (non-hydrogen) atoms. The first kappa shape index (κ1) is 13.0. The first-order valence-corrected chi connectivity index (χ1v) is 5.25. The van der Waals surface area contributed by atoms with Crippen molar-refractivity contribution in [2.75, 3.05) is 13.7 Å². The van der Waals surface area contributed by atoms with E-state index in [0.717, 1.165) is 16.9 Å². The van der Waals surface area contributed by atoms with Gasteiger partial charge in [-0.05, 0) is 36.3 Å². The number of esters is 1. The van der Waals surface area contributed by atoms with E-state index in [1.54, 1.807) is 20.1 Å². The lowest BCUT2D eigenvalue weighted by Gasteiger charge is -2.00. The van der Waals surface area contributed by atoms with E-state index in [1.165, 1.54) is 6.08 Å². The predicted molar refractivity (Wildman–Crippen MR) is 67.8 cm³/mol. The van der Waals surface area contributed by atoms with Crippen molar-refractivity contribution in [3.8, 4) is 5.75 Å². The largest absolute Gasteiger partial charge is 0.497 e. The maximum atomic E-state index is 11.3. The van der Waals surface area contributed by atoms with Gasteiger partial charge in [-0.3, -0.25) is 0 Å². The summed E-state index contributed by atoms with van der Waals surface area (Å²) in [5.41, 5.74) is 1.73. The topological polar surface area (TPSA) is 35.5 Å². The summed E-state index contributed by atoms with van der Waals surface area (Å²) < 4.78 is 9.95. The van der Waals surface area contributed by atoms with Crippen LogP contribution in [0.5, 0.6) is 5.75 Å². The number of hydrogen-bond acceptors (Lipinski definition) is 3. The molecule has 0 atom stereocenters. The number of ether oxygens (including phenoxy) is 2. The highest BCUT2D eigenvalue weighted by Gasteiger charge is 1.96. The van der Waals surface area contributed by atoms with Gasteiger partial charge in [0.1, 0.15) is 12.4 Å². The molecule has 0 heterocycles. The van der Waals surface area contributed by atoms with E-state index in [9.17, 15) is 4.79 Å². The fraction of sp³-hybridized carbons (Fsp3) is 0.214. The van der Waals surface area contributed by atoms with Gasteiger partial charge < -0.3 is 9.47 Å². The minimum atomic E-state index is -0.371. The second kappa shape index (κ2) is 6.53. The summed E-state index contributed by atoms with van der Waals surface area (Å²) in [5.74, 6) is 0.413. The number of benzene rings is 1. The molecule has 3 heteroatoms. The van der Waals surface area contributed by atoms with Gasteiger partial charge >= 0.3 is 5.97 Å². The molecule has 0 bridgehead atoms. The third-order valence-electron chi connectivity index (χ3n) is 1.99. The van der Waals surface area contributed by atoms with Gasteiger partial charge in [-0.1, -0.05) is 18.7 Å². The number of methoxy groups -OCH3 is 1. The standard InChI is InChI=1S/C14H16O3/c1-11(2)10-17-14(15)9-6-12-4-7-13(16-3)8-5-12/h4-9H,1,10H2,2-3H3/b9-6+. The highest BCUT2D eigenvalue weighted by molar-refractivity contribution is 5.87. The van der Waals surface area contributed by atoms with Gasteiger partial charge in [0.05, 0.1) is 7.11 Å². The SMILES string of the molecule is C=C(C)COC(=O)/C=C/c1ccc(OC)cc1. The van der Waals surface area contributed by atoms with Crippen molar-refractivity contribution in [1.29, 1.82) is 0 Å². The summed E-state index contributed by atoms with van der Waals surface area (Å²) in [5, 5.41) is 0. The maximum Gasteiger partial charge on any atom is 0.331 e. The Morgan fingerprint density at radius 2 is 2.00 bits per heavy atom. The van der Waals surface area contributed by atoms with Crippen molar-refractivity contribution in [2.45, 2.75) is 6.92 Å². The second-order valence-electron chi connectivity index (χ2n) is 3.67. The maximum absolute atomic E-state index is 11.3. The summed E-state index contributed by atoms with van der Waals surface area (Å²) in [6.07, 6.45) is 3.09. The Hall–Kier alpha value is -2.03. The molecular weight excluding hydrogens is 216 g/mol. The quantitative estimate of drug-likeness (QED) is 0.445. The molecule has 0 unspecified atom stereocenters. The lowest BCUT2D eigenvalue weighted by molar-refractivity contribution is -0.136. The zero-order valence-electron chi connectivity index (χ0n) is 10.1. The Kier molecular flexibility index (Phi) is 5.01. The molecule has 0 saturated heterocycles. The Morgan fingerprint density at radius 1 is 1.35 bits per heavy atom. The molecule has 3 nitrogen and oxygen atoms in total. The van der Waals surface area contributed by atoms with Crippen LogP contribution in [0.1, 0.15) is 12.5 Å². The summed E-state index contributed by atoms with van der Waals surface area (Å²) in [7, 11) is 1.61. The normalized spacial score (nSPS) is 10.2. The van der Waals surface area contributed by atoms with E-state index in [1.807, 2.05) is 24.3 Å². The minimum Gasteiger partial charge on any atom is -0.497 e. The van der Waals surface area contributed by atoms with Crippen LogP contribution in [-0.2, 0) is 9.53 Å². The van der Waals surface area contributed by atoms with Gasteiger partial charge in [0, 0.05) is 6.08 Å². The van der Waals surface area contributed by atoms with Crippen molar-refractivity contribution in [3.05, 3.63) is 48.1 Å². The fourth-order valence-corrected chi connectivity index (χ4v) is 1.12. The zero-order valence-corrected chi connectivity index (χ0v) is 10.1. The number of carbonyl (C=O) groups excluding carboxylic acids is 1. The molecule has 0 spiro atoms. The molecule has 0 saturated carbocycles. The average Bonchev–Trinajstić information content (AvgIpc) is 2.34. The average molecular weight is 232 g/mol. The van der Waals surface area contributed by atoms with Crippen LogP contribution in [0.2, 0.25) is 0 Å². The van der Waals surface area contributed by atoms with E-state index >= 15 is 0 Å². The summed E-state index contributed by atoms with van der Waals surface area (Å²) in [4.78, 5) is 11.3. The summed E-state index contributed by atoms with van der Waals surface area (Å²) in [6.45, 7) is 5.71. The number of carbonyl (C=O) groups is 1. The first-order chi connectivity index (χ1) is 8.11. The van der Waals surface area contributed by atoms with E-state index in [4.69, 9.17) is 9.47 Å². The lowest BCUT2D eigenvalue weighted by Crippen LogP contribution is -2.02. The Labute approximate surface area is 101 Å². The molecule has 0 aliphatic heterocycles. The molecule has 0 fully saturated rings. The van der Waals surface area contributed by atoms with Gasteiger partial charge in [0.2, 0.25) is 0 Å². The van der Waals surface area contributed by atoms with Crippen LogP contribution in [0.25, 0.3) is 6.08 Å². The fourth-order valence-electron chi connectivity index (χ4n) is 1.12. The Bertz CT molecular complexity index is 416. The molecule has 90 valence electrons. The van der Waals surface area contributed by atoms with Crippen LogP contribution >= 0.6 is 0 Å². The van der Waals surface area contributed by atoms with Crippen LogP contribution in [0.15, 0.2) is 42.5 Å². The summed E-state index contributed by atoms with van der Waals surface area (Å²) >= 11 is 0. The van der Waals surface area contributed by atoms with Crippen molar-refractivity contribution in [3.63, 3.8) is 0 Å². The third kappa shape index (κ3) is 5.02.